The van der Waals surface area contributed by atoms with Crippen molar-refractivity contribution >= 4 is 39.2 Å². The Balaban J connectivity index is 2.03. The highest BCUT2D eigenvalue weighted by atomic mass is 79.9. The Kier molecular flexibility index (Phi) is 5.98. The van der Waals surface area contributed by atoms with E-state index in [1.54, 1.807) is 18.2 Å². The van der Waals surface area contributed by atoms with Crippen LogP contribution in [0.5, 0.6) is 0 Å². The van der Waals surface area contributed by atoms with Gasteiger partial charge in [-0.05, 0) is 55.3 Å². The number of esters is 1. The van der Waals surface area contributed by atoms with Crippen molar-refractivity contribution in [3.05, 3.63) is 57.6 Å². The predicted octanol–water partition coefficient (Wildman–Crippen LogP) is 3.90. The molecule has 2 aromatic rings. The maximum absolute atomic E-state index is 12.2. The number of ether oxygens (including phenoxy) is 1. The Labute approximate surface area is 149 Å². The molecule has 0 radical (unpaired) electrons. The van der Waals surface area contributed by atoms with Gasteiger partial charge in [0.25, 0.3) is 0 Å². The van der Waals surface area contributed by atoms with Crippen LogP contribution in [0.4, 0.5) is 11.4 Å². The van der Waals surface area contributed by atoms with Gasteiger partial charge in [0, 0.05) is 15.8 Å². The lowest BCUT2D eigenvalue weighted by Crippen LogP contribution is -2.22. The van der Waals surface area contributed by atoms with Crippen LogP contribution in [-0.4, -0.2) is 25.5 Å². The first-order chi connectivity index (χ1) is 11.4. The molecule has 0 aliphatic carbocycles. The Bertz CT molecular complexity index is 775. The van der Waals surface area contributed by atoms with E-state index in [-0.39, 0.29) is 12.5 Å². The largest absolute Gasteiger partial charge is 0.465 e. The molecule has 0 saturated carbocycles. The van der Waals surface area contributed by atoms with Gasteiger partial charge in [-0.2, -0.15) is 0 Å². The van der Waals surface area contributed by atoms with Gasteiger partial charge in [-0.3, -0.25) is 4.79 Å². The summed E-state index contributed by atoms with van der Waals surface area (Å²) in [6, 6.07) is 10.9. The monoisotopic (exact) mass is 390 g/mol. The first-order valence-corrected chi connectivity index (χ1v) is 8.19. The molecule has 0 aliphatic heterocycles. The van der Waals surface area contributed by atoms with Gasteiger partial charge < -0.3 is 15.4 Å². The van der Waals surface area contributed by atoms with Crippen molar-refractivity contribution in [2.75, 3.05) is 24.3 Å². The standard InChI is InChI=1S/C18H19BrN2O3/c1-11-4-5-13(18(23)24-3)9-16(11)21-17(22)10-20-15-7-6-14(19)8-12(15)2/h4-9,20H,10H2,1-3H3,(H,21,22). The number of hydrogen-bond acceptors (Lipinski definition) is 4. The minimum atomic E-state index is -0.436. The predicted molar refractivity (Wildman–Crippen MR) is 98.5 cm³/mol. The number of amides is 1. The highest BCUT2D eigenvalue weighted by Crippen LogP contribution is 2.20. The molecule has 0 bridgehead atoms. The highest BCUT2D eigenvalue weighted by molar-refractivity contribution is 9.10. The van der Waals surface area contributed by atoms with Crippen LogP contribution < -0.4 is 10.6 Å². The van der Waals surface area contributed by atoms with E-state index in [1.807, 2.05) is 32.0 Å². The number of nitrogens with one attached hydrogen (secondary N) is 2. The Morgan fingerprint density at radius 3 is 2.46 bits per heavy atom. The fourth-order valence-electron chi connectivity index (χ4n) is 2.20. The summed E-state index contributed by atoms with van der Waals surface area (Å²) in [5.74, 6) is -0.628. The Hall–Kier alpha value is -2.34. The fourth-order valence-corrected chi connectivity index (χ4v) is 2.67. The first kappa shape index (κ1) is 18.0. The van der Waals surface area contributed by atoms with E-state index in [0.29, 0.717) is 11.3 Å². The number of rotatable bonds is 5. The van der Waals surface area contributed by atoms with Gasteiger partial charge in [-0.25, -0.2) is 4.79 Å². The van der Waals surface area contributed by atoms with Crippen LogP contribution in [-0.2, 0) is 9.53 Å². The van der Waals surface area contributed by atoms with E-state index in [0.717, 1.165) is 21.3 Å². The maximum Gasteiger partial charge on any atom is 0.337 e. The molecule has 2 aromatic carbocycles. The van der Waals surface area contributed by atoms with Crippen molar-refractivity contribution < 1.29 is 14.3 Å². The third kappa shape index (κ3) is 4.58. The number of carbonyl (C=O) groups excluding carboxylic acids is 2. The smallest absolute Gasteiger partial charge is 0.337 e. The summed E-state index contributed by atoms with van der Waals surface area (Å²) < 4.78 is 5.69. The lowest BCUT2D eigenvalue weighted by molar-refractivity contribution is -0.114. The molecule has 126 valence electrons. The molecule has 0 aromatic heterocycles. The summed E-state index contributed by atoms with van der Waals surface area (Å²) >= 11 is 3.41. The van der Waals surface area contributed by atoms with Crippen LogP contribution in [0.3, 0.4) is 0 Å². The first-order valence-electron chi connectivity index (χ1n) is 7.39. The number of methoxy groups -OCH3 is 1. The van der Waals surface area contributed by atoms with Crippen molar-refractivity contribution in [2.24, 2.45) is 0 Å². The van der Waals surface area contributed by atoms with Crippen LogP contribution in [0, 0.1) is 13.8 Å². The number of carbonyl (C=O) groups is 2. The third-order valence-corrected chi connectivity index (χ3v) is 4.05. The normalized spacial score (nSPS) is 10.2. The minimum absolute atomic E-state index is 0.129. The topological polar surface area (TPSA) is 67.4 Å². The van der Waals surface area contributed by atoms with Gasteiger partial charge >= 0.3 is 5.97 Å². The lowest BCUT2D eigenvalue weighted by Gasteiger charge is -2.12. The van der Waals surface area contributed by atoms with E-state index in [4.69, 9.17) is 4.74 Å². The number of halogens is 1. The molecule has 0 aliphatic rings. The van der Waals surface area contributed by atoms with Gasteiger partial charge in [0.2, 0.25) is 5.91 Å². The molecular formula is C18H19BrN2O3. The van der Waals surface area contributed by atoms with Crippen molar-refractivity contribution in [3.63, 3.8) is 0 Å². The van der Waals surface area contributed by atoms with Gasteiger partial charge in [0.05, 0.1) is 19.2 Å². The summed E-state index contributed by atoms with van der Waals surface area (Å²) in [6.45, 7) is 3.96. The Morgan fingerprint density at radius 2 is 1.79 bits per heavy atom. The van der Waals surface area contributed by atoms with E-state index < -0.39 is 5.97 Å². The average Bonchev–Trinajstić information content (AvgIpc) is 2.55. The SMILES string of the molecule is COC(=O)c1ccc(C)c(NC(=O)CNc2ccc(Br)cc2C)c1. The van der Waals surface area contributed by atoms with E-state index in [1.165, 1.54) is 7.11 Å². The third-order valence-electron chi connectivity index (χ3n) is 3.56. The summed E-state index contributed by atoms with van der Waals surface area (Å²) in [4.78, 5) is 23.8. The van der Waals surface area contributed by atoms with Gasteiger partial charge in [-0.1, -0.05) is 22.0 Å². The van der Waals surface area contributed by atoms with Crippen molar-refractivity contribution in [3.8, 4) is 0 Å². The van der Waals surface area contributed by atoms with Crippen LogP contribution in [0.2, 0.25) is 0 Å². The van der Waals surface area contributed by atoms with Crippen LogP contribution >= 0.6 is 15.9 Å². The lowest BCUT2D eigenvalue weighted by atomic mass is 10.1. The van der Waals surface area contributed by atoms with Crippen LogP contribution in [0.1, 0.15) is 21.5 Å². The van der Waals surface area contributed by atoms with Crippen LogP contribution in [0.15, 0.2) is 40.9 Å². The molecule has 6 heteroatoms. The fraction of sp³-hybridized carbons (Fsp3) is 0.222. The zero-order chi connectivity index (χ0) is 17.7. The minimum Gasteiger partial charge on any atom is -0.465 e. The number of aryl methyl sites for hydroxylation is 2. The zero-order valence-corrected chi connectivity index (χ0v) is 15.4. The molecule has 0 spiro atoms. The molecule has 0 atom stereocenters. The molecule has 0 saturated heterocycles. The molecule has 2 N–H and O–H groups in total. The second-order valence-corrected chi connectivity index (χ2v) is 6.30. The molecule has 0 unspecified atom stereocenters. The molecule has 5 nitrogen and oxygen atoms in total. The summed E-state index contributed by atoms with van der Waals surface area (Å²) in [6.07, 6.45) is 0. The van der Waals surface area contributed by atoms with E-state index >= 15 is 0 Å². The summed E-state index contributed by atoms with van der Waals surface area (Å²) in [7, 11) is 1.32. The molecule has 2 rings (SSSR count). The summed E-state index contributed by atoms with van der Waals surface area (Å²) in [5.41, 5.74) is 3.80. The van der Waals surface area contributed by atoms with Crippen LogP contribution in [0.25, 0.3) is 0 Å². The summed E-state index contributed by atoms with van der Waals surface area (Å²) in [5, 5.41) is 5.92. The molecule has 1 amide bonds. The molecule has 0 heterocycles. The number of hydrogen-bond donors (Lipinski definition) is 2. The molecular weight excluding hydrogens is 372 g/mol. The Morgan fingerprint density at radius 1 is 1.04 bits per heavy atom. The number of anilines is 2. The van der Waals surface area contributed by atoms with Crippen molar-refractivity contribution in [2.45, 2.75) is 13.8 Å². The average molecular weight is 391 g/mol. The zero-order valence-electron chi connectivity index (χ0n) is 13.8. The highest BCUT2D eigenvalue weighted by Gasteiger charge is 2.10. The second kappa shape index (κ2) is 7.97. The molecule has 0 fully saturated rings. The number of benzene rings is 2. The van der Waals surface area contributed by atoms with Crippen molar-refractivity contribution in [1.29, 1.82) is 0 Å². The van der Waals surface area contributed by atoms with E-state index in [9.17, 15) is 9.59 Å². The maximum atomic E-state index is 12.2. The van der Waals surface area contributed by atoms with E-state index in [2.05, 4.69) is 26.6 Å². The molecule has 24 heavy (non-hydrogen) atoms. The van der Waals surface area contributed by atoms with Gasteiger partial charge in [0.1, 0.15) is 0 Å². The quantitative estimate of drug-likeness (QED) is 0.759. The van der Waals surface area contributed by atoms with Gasteiger partial charge in [0.15, 0.2) is 0 Å². The second-order valence-electron chi connectivity index (χ2n) is 5.38. The van der Waals surface area contributed by atoms with Gasteiger partial charge in [-0.15, -0.1) is 0 Å². The van der Waals surface area contributed by atoms with Crippen molar-refractivity contribution in [1.82, 2.24) is 0 Å².